The van der Waals surface area contributed by atoms with Gasteiger partial charge < -0.3 is 0 Å². The lowest BCUT2D eigenvalue weighted by Gasteiger charge is -2.58. The zero-order chi connectivity index (χ0) is 16.9. The standard InChI is InChI=1S/C23H37N/c1-5-24-16(2)19-11-12-20-18-10-9-17-8-6-7-14-22(17,3)21(18)13-15-23(19,20)4/h8,18-21H,5-7,9-15H2,1-4H3. The van der Waals surface area contributed by atoms with Gasteiger partial charge in [0.05, 0.1) is 0 Å². The van der Waals surface area contributed by atoms with E-state index in [0.29, 0.717) is 10.8 Å². The van der Waals surface area contributed by atoms with Gasteiger partial charge >= 0.3 is 0 Å². The van der Waals surface area contributed by atoms with Crippen molar-refractivity contribution in [2.45, 2.75) is 85.5 Å². The van der Waals surface area contributed by atoms with Crippen molar-refractivity contribution in [1.29, 1.82) is 0 Å². The Morgan fingerprint density at radius 3 is 2.75 bits per heavy atom. The second-order valence-corrected chi connectivity index (χ2v) is 9.74. The zero-order valence-electron chi connectivity index (χ0n) is 16.4. The van der Waals surface area contributed by atoms with E-state index in [1.54, 1.807) is 0 Å². The van der Waals surface area contributed by atoms with Crippen LogP contribution in [0.4, 0.5) is 0 Å². The van der Waals surface area contributed by atoms with Crippen molar-refractivity contribution in [1.82, 2.24) is 0 Å². The normalized spacial score (nSPS) is 48.3. The molecule has 1 heteroatoms. The summed E-state index contributed by atoms with van der Waals surface area (Å²) < 4.78 is 0. The van der Waals surface area contributed by atoms with Gasteiger partial charge in [-0.25, -0.2) is 0 Å². The van der Waals surface area contributed by atoms with E-state index >= 15 is 0 Å². The molecule has 6 atom stereocenters. The first-order valence-corrected chi connectivity index (χ1v) is 10.7. The maximum atomic E-state index is 4.83. The Morgan fingerprint density at radius 1 is 1.12 bits per heavy atom. The fraction of sp³-hybridized carbons (Fsp3) is 0.870. The number of hydrogen-bond donors (Lipinski definition) is 0. The second kappa shape index (κ2) is 5.99. The summed E-state index contributed by atoms with van der Waals surface area (Å²) in [5.41, 5.74) is 4.39. The number of nitrogens with zero attached hydrogens (tertiary/aromatic N) is 1. The molecule has 0 aromatic heterocycles. The Bertz CT molecular complexity index is 558. The SMILES string of the molecule is CCN=C(C)C1CCC2C3CCC4=CCCCC4(C)C3CCC12C. The fourth-order valence-electron chi connectivity index (χ4n) is 7.80. The zero-order valence-corrected chi connectivity index (χ0v) is 16.4. The summed E-state index contributed by atoms with van der Waals surface area (Å²) in [4.78, 5) is 4.83. The lowest BCUT2D eigenvalue weighted by atomic mass is 9.47. The van der Waals surface area contributed by atoms with Gasteiger partial charge in [0.1, 0.15) is 0 Å². The van der Waals surface area contributed by atoms with Crippen LogP contribution < -0.4 is 0 Å². The van der Waals surface area contributed by atoms with E-state index < -0.39 is 0 Å². The van der Waals surface area contributed by atoms with Crippen molar-refractivity contribution in [2.75, 3.05) is 6.54 Å². The van der Waals surface area contributed by atoms with Crippen molar-refractivity contribution >= 4 is 5.71 Å². The summed E-state index contributed by atoms with van der Waals surface area (Å²) in [6, 6.07) is 0. The molecular formula is C23H37N. The summed E-state index contributed by atoms with van der Waals surface area (Å²) in [6.45, 7) is 10.7. The van der Waals surface area contributed by atoms with Crippen LogP contribution >= 0.6 is 0 Å². The molecule has 0 bridgehead atoms. The van der Waals surface area contributed by atoms with Gasteiger partial charge in [-0.05, 0) is 100 Å². The second-order valence-electron chi connectivity index (χ2n) is 9.74. The minimum absolute atomic E-state index is 0.538. The van der Waals surface area contributed by atoms with E-state index in [1.165, 1.54) is 63.5 Å². The highest BCUT2D eigenvalue weighted by Crippen LogP contribution is 2.66. The quantitative estimate of drug-likeness (QED) is 0.409. The van der Waals surface area contributed by atoms with E-state index in [9.17, 15) is 0 Å². The number of aliphatic imine (C=N–C) groups is 1. The summed E-state index contributed by atoms with van der Waals surface area (Å²) in [6.07, 6.45) is 15.5. The summed E-state index contributed by atoms with van der Waals surface area (Å²) in [5, 5.41) is 0. The molecule has 0 radical (unpaired) electrons. The monoisotopic (exact) mass is 327 g/mol. The molecule has 0 aliphatic heterocycles. The molecule has 1 nitrogen and oxygen atoms in total. The maximum Gasteiger partial charge on any atom is 0.0360 e. The first-order chi connectivity index (χ1) is 11.5. The Labute approximate surface area is 149 Å². The third-order valence-corrected chi connectivity index (χ3v) is 8.94. The average Bonchev–Trinajstić information content (AvgIpc) is 2.92. The van der Waals surface area contributed by atoms with E-state index in [0.717, 1.165) is 30.2 Å². The van der Waals surface area contributed by atoms with Crippen molar-refractivity contribution in [3.05, 3.63) is 11.6 Å². The third-order valence-electron chi connectivity index (χ3n) is 8.94. The fourth-order valence-corrected chi connectivity index (χ4v) is 7.80. The molecule has 4 rings (SSSR count). The molecule has 0 heterocycles. The van der Waals surface area contributed by atoms with E-state index in [4.69, 9.17) is 4.99 Å². The van der Waals surface area contributed by atoms with Gasteiger partial charge in [0.15, 0.2) is 0 Å². The number of rotatable bonds is 2. The van der Waals surface area contributed by atoms with E-state index in [2.05, 4.69) is 33.8 Å². The van der Waals surface area contributed by atoms with Crippen LogP contribution in [0.2, 0.25) is 0 Å². The average molecular weight is 328 g/mol. The molecule has 0 aromatic rings. The predicted octanol–water partition coefficient (Wildman–Crippen LogP) is 6.44. The first kappa shape index (κ1) is 16.9. The number of fused-ring (bicyclic) bond motifs is 5. The number of hydrogen-bond acceptors (Lipinski definition) is 1. The molecule has 6 unspecified atom stereocenters. The largest absolute Gasteiger partial charge is 0.294 e. The molecule has 24 heavy (non-hydrogen) atoms. The first-order valence-electron chi connectivity index (χ1n) is 10.7. The van der Waals surface area contributed by atoms with Gasteiger partial charge in [0.2, 0.25) is 0 Å². The van der Waals surface area contributed by atoms with Crippen LogP contribution in [-0.2, 0) is 0 Å². The molecule has 0 aromatic carbocycles. The lowest BCUT2D eigenvalue weighted by molar-refractivity contribution is -0.0431. The molecule has 134 valence electrons. The summed E-state index contributed by atoms with van der Waals surface area (Å²) in [7, 11) is 0. The Hall–Kier alpha value is -0.590. The van der Waals surface area contributed by atoms with Crippen LogP contribution in [0, 0.1) is 34.5 Å². The van der Waals surface area contributed by atoms with Crippen LogP contribution in [0.5, 0.6) is 0 Å². The van der Waals surface area contributed by atoms with Gasteiger partial charge in [-0.1, -0.05) is 25.5 Å². The third kappa shape index (κ3) is 2.29. The summed E-state index contributed by atoms with van der Waals surface area (Å²) >= 11 is 0. The molecule has 3 fully saturated rings. The smallest absolute Gasteiger partial charge is 0.0360 e. The highest BCUT2D eigenvalue weighted by molar-refractivity contribution is 5.85. The van der Waals surface area contributed by atoms with Crippen LogP contribution in [0.25, 0.3) is 0 Å². The number of allylic oxidation sites excluding steroid dienone is 2. The van der Waals surface area contributed by atoms with Gasteiger partial charge in [-0.2, -0.15) is 0 Å². The van der Waals surface area contributed by atoms with Crippen LogP contribution in [0.1, 0.15) is 85.5 Å². The molecular weight excluding hydrogens is 290 g/mol. The molecule has 0 N–H and O–H groups in total. The molecule has 0 saturated heterocycles. The van der Waals surface area contributed by atoms with Crippen LogP contribution in [0.3, 0.4) is 0 Å². The highest BCUT2D eigenvalue weighted by Gasteiger charge is 2.58. The molecule has 0 spiro atoms. The van der Waals surface area contributed by atoms with Crippen LogP contribution in [-0.4, -0.2) is 12.3 Å². The molecule has 4 aliphatic rings. The molecule has 4 aliphatic carbocycles. The minimum atomic E-state index is 0.538. The Morgan fingerprint density at radius 2 is 1.96 bits per heavy atom. The Balaban J connectivity index is 1.63. The van der Waals surface area contributed by atoms with Gasteiger partial charge in [-0.3, -0.25) is 4.99 Å². The minimum Gasteiger partial charge on any atom is -0.294 e. The van der Waals surface area contributed by atoms with E-state index in [1.807, 2.05) is 5.57 Å². The molecule has 3 saturated carbocycles. The Kier molecular flexibility index (Phi) is 4.21. The van der Waals surface area contributed by atoms with Gasteiger partial charge in [-0.15, -0.1) is 0 Å². The highest BCUT2D eigenvalue weighted by atomic mass is 14.7. The van der Waals surface area contributed by atoms with Gasteiger partial charge in [0, 0.05) is 18.2 Å². The van der Waals surface area contributed by atoms with Crippen LogP contribution in [0.15, 0.2) is 16.6 Å². The van der Waals surface area contributed by atoms with Gasteiger partial charge in [0.25, 0.3) is 0 Å². The van der Waals surface area contributed by atoms with Crippen molar-refractivity contribution < 1.29 is 0 Å². The maximum absolute atomic E-state index is 4.83. The lowest BCUT2D eigenvalue weighted by Crippen LogP contribution is -2.50. The predicted molar refractivity (Wildman–Crippen MR) is 103 cm³/mol. The molecule has 0 amide bonds. The topological polar surface area (TPSA) is 12.4 Å². The van der Waals surface area contributed by atoms with Crippen molar-refractivity contribution in [2.24, 2.45) is 39.5 Å². The van der Waals surface area contributed by atoms with Crippen molar-refractivity contribution in [3.8, 4) is 0 Å². The van der Waals surface area contributed by atoms with Crippen molar-refractivity contribution in [3.63, 3.8) is 0 Å². The summed E-state index contributed by atoms with van der Waals surface area (Å²) in [5.74, 6) is 3.68. The van der Waals surface area contributed by atoms with E-state index in [-0.39, 0.29) is 0 Å².